The first kappa shape index (κ1) is 27.5. The number of nitrogens with zero attached hydrogens (tertiary/aromatic N) is 3. The Morgan fingerprint density at radius 3 is 1.55 bits per heavy atom. The molecular formula is C46H29N3. The van der Waals surface area contributed by atoms with E-state index in [2.05, 4.69) is 162 Å². The van der Waals surface area contributed by atoms with Gasteiger partial charge in [-0.15, -0.1) is 0 Å². The standard InChI is InChI=1S/C46H29N3/c1-2-14-34(15-3-1)46-47-40(29-41(48-46)39-20-10-16-30-11-4-7-17-36(30)39)33-21-25-35(26-22-33)49-42-27-23-31-12-5-8-18-37(31)44(42)45-38-19-9-6-13-32(38)24-28-43(45)49/h1-29H. The molecule has 3 nitrogen and oxygen atoms in total. The lowest BCUT2D eigenvalue weighted by Gasteiger charge is -2.12. The maximum Gasteiger partial charge on any atom is 0.160 e. The monoisotopic (exact) mass is 623 g/mol. The molecule has 0 unspecified atom stereocenters. The molecule has 0 radical (unpaired) electrons. The minimum Gasteiger partial charge on any atom is -0.309 e. The van der Waals surface area contributed by atoms with E-state index in [4.69, 9.17) is 9.97 Å². The predicted octanol–water partition coefficient (Wildman–Crippen LogP) is 12.0. The fourth-order valence-electron chi connectivity index (χ4n) is 7.51. The van der Waals surface area contributed by atoms with Crippen molar-refractivity contribution < 1.29 is 0 Å². The molecule has 0 amide bonds. The van der Waals surface area contributed by atoms with Crippen LogP contribution in [0.3, 0.4) is 0 Å². The average molecular weight is 624 g/mol. The highest BCUT2D eigenvalue weighted by molar-refractivity contribution is 6.28. The molecule has 2 heterocycles. The molecule has 0 saturated heterocycles. The summed E-state index contributed by atoms with van der Waals surface area (Å²) in [5, 5.41) is 9.98. The third-order valence-electron chi connectivity index (χ3n) is 9.79. The third kappa shape index (κ3) is 4.44. The zero-order chi connectivity index (χ0) is 32.3. The van der Waals surface area contributed by atoms with Gasteiger partial charge < -0.3 is 4.57 Å². The van der Waals surface area contributed by atoms with Crippen molar-refractivity contribution in [3.05, 3.63) is 176 Å². The quantitative estimate of drug-likeness (QED) is 0.195. The van der Waals surface area contributed by atoms with Crippen molar-refractivity contribution >= 4 is 54.1 Å². The summed E-state index contributed by atoms with van der Waals surface area (Å²) in [5.74, 6) is 0.714. The molecule has 0 atom stereocenters. The smallest absolute Gasteiger partial charge is 0.160 e. The Balaban J connectivity index is 1.17. The minimum absolute atomic E-state index is 0.714. The zero-order valence-electron chi connectivity index (χ0n) is 26.6. The van der Waals surface area contributed by atoms with Gasteiger partial charge in [0.2, 0.25) is 0 Å². The van der Waals surface area contributed by atoms with Gasteiger partial charge in [0.1, 0.15) is 0 Å². The molecule has 10 aromatic rings. The van der Waals surface area contributed by atoms with Crippen molar-refractivity contribution in [3.8, 4) is 39.6 Å². The summed E-state index contributed by atoms with van der Waals surface area (Å²) in [7, 11) is 0. The second-order valence-electron chi connectivity index (χ2n) is 12.6. The van der Waals surface area contributed by atoms with E-state index < -0.39 is 0 Å². The van der Waals surface area contributed by atoms with Gasteiger partial charge in [0.15, 0.2) is 5.82 Å². The molecule has 0 bridgehead atoms. The zero-order valence-corrected chi connectivity index (χ0v) is 26.6. The van der Waals surface area contributed by atoms with Gasteiger partial charge >= 0.3 is 0 Å². The summed E-state index contributed by atoms with van der Waals surface area (Å²) in [4.78, 5) is 10.2. The predicted molar refractivity (Wildman–Crippen MR) is 205 cm³/mol. The maximum atomic E-state index is 5.12. The van der Waals surface area contributed by atoms with Gasteiger partial charge in [-0.3, -0.25) is 0 Å². The number of aromatic nitrogens is 3. The Kier molecular flexibility index (Phi) is 6.18. The van der Waals surface area contributed by atoms with Crippen LogP contribution in [0.15, 0.2) is 176 Å². The summed E-state index contributed by atoms with van der Waals surface area (Å²) in [6.07, 6.45) is 0. The second-order valence-corrected chi connectivity index (χ2v) is 12.6. The molecule has 49 heavy (non-hydrogen) atoms. The van der Waals surface area contributed by atoms with Gasteiger partial charge in [-0.2, -0.15) is 0 Å². The molecular weight excluding hydrogens is 595 g/mol. The van der Waals surface area contributed by atoms with Crippen LogP contribution in [-0.2, 0) is 0 Å². The Bertz CT molecular complexity index is 2770. The van der Waals surface area contributed by atoms with Gasteiger partial charge in [0.05, 0.1) is 22.4 Å². The van der Waals surface area contributed by atoms with Gasteiger partial charge in [0, 0.05) is 33.2 Å². The molecule has 0 fully saturated rings. The van der Waals surface area contributed by atoms with Crippen LogP contribution in [-0.4, -0.2) is 14.5 Å². The number of hydrogen-bond donors (Lipinski definition) is 0. The van der Waals surface area contributed by atoms with Gasteiger partial charge in [0.25, 0.3) is 0 Å². The molecule has 0 aliphatic carbocycles. The van der Waals surface area contributed by atoms with Crippen LogP contribution in [0, 0.1) is 0 Å². The lowest BCUT2D eigenvalue weighted by atomic mass is 10.00. The van der Waals surface area contributed by atoms with Crippen LogP contribution in [0.2, 0.25) is 0 Å². The van der Waals surface area contributed by atoms with Crippen LogP contribution in [0.1, 0.15) is 0 Å². The third-order valence-corrected chi connectivity index (χ3v) is 9.79. The number of hydrogen-bond acceptors (Lipinski definition) is 2. The average Bonchev–Trinajstić information content (AvgIpc) is 3.53. The SMILES string of the molecule is c1ccc(-c2nc(-c3ccc(-n4c5ccc6ccccc6c5c5c6ccccc6ccc54)cc3)cc(-c3cccc4ccccc34)n2)cc1. The van der Waals surface area contributed by atoms with Crippen molar-refractivity contribution in [2.75, 3.05) is 0 Å². The lowest BCUT2D eigenvalue weighted by molar-refractivity contribution is 1.17. The minimum atomic E-state index is 0.714. The largest absolute Gasteiger partial charge is 0.309 e. The van der Waals surface area contributed by atoms with Crippen LogP contribution in [0.4, 0.5) is 0 Å². The van der Waals surface area contributed by atoms with E-state index in [1.807, 2.05) is 18.2 Å². The molecule has 0 aliphatic heterocycles. The molecule has 228 valence electrons. The number of fused-ring (bicyclic) bond motifs is 8. The number of rotatable bonds is 4. The van der Waals surface area contributed by atoms with E-state index in [9.17, 15) is 0 Å². The van der Waals surface area contributed by atoms with Crippen molar-refractivity contribution in [2.45, 2.75) is 0 Å². The summed E-state index contributed by atoms with van der Waals surface area (Å²) < 4.78 is 2.41. The van der Waals surface area contributed by atoms with Crippen molar-refractivity contribution in [3.63, 3.8) is 0 Å². The summed E-state index contributed by atoms with van der Waals surface area (Å²) in [6, 6.07) is 62.6. The van der Waals surface area contributed by atoms with E-state index in [1.54, 1.807) is 0 Å². The topological polar surface area (TPSA) is 30.7 Å². The van der Waals surface area contributed by atoms with Gasteiger partial charge in [-0.1, -0.05) is 146 Å². The summed E-state index contributed by atoms with van der Waals surface area (Å²) >= 11 is 0. The van der Waals surface area contributed by atoms with E-state index in [0.717, 1.165) is 33.8 Å². The molecule has 0 aliphatic rings. The van der Waals surface area contributed by atoms with Crippen LogP contribution in [0.5, 0.6) is 0 Å². The molecule has 3 heteroatoms. The first-order chi connectivity index (χ1) is 24.3. The van der Waals surface area contributed by atoms with E-state index in [1.165, 1.54) is 54.1 Å². The fourth-order valence-corrected chi connectivity index (χ4v) is 7.51. The van der Waals surface area contributed by atoms with E-state index in [-0.39, 0.29) is 0 Å². The highest BCUT2D eigenvalue weighted by atomic mass is 15.0. The van der Waals surface area contributed by atoms with Crippen LogP contribution >= 0.6 is 0 Å². The van der Waals surface area contributed by atoms with Gasteiger partial charge in [-0.25, -0.2) is 9.97 Å². The normalized spacial score (nSPS) is 11.7. The first-order valence-corrected chi connectivity index (χ1v) is 16.7. The molecule has 0 saturated carbocycles. The molecule has 0 N–H and O–H groups in total. The molecule has 8 aromatic carbocycles. The van der Waals surface area contributed by atoms with E-state index in [0.29, 0.717) is 5.82 Å². The maximum absolute atomic E-state index is 5.12. The molecule has 2 aromatic heterocycles. The Labute approximate surface area is 283 Å². The summed E-state index contributed by atoms with van der Waals surface area (Å²) in [5.41, 5.74) is 8.44. The van der Waals surface area contributed by atoms with Crippen molar-refractivity contribution in [2.24, 2.45) is 0 Å². The Hall–Kier alpha value is -6.58. The fraction of sp³-hybridized carbons (Fsp3) is 0. The second kappa shape index (κ2) is 11.0. The highest BCUT2D eigenvalue weighted by Gasteiger charge is 2.18. The first-order valence-electron chi connectivity index (χ1n) is 16.7. The van der Waals surface area contributed by atoms with Crippen molar-refractivity contribution in [1.82, 2.24) is 14.5 Å². The Morgan fingerprint density at radius 1 is 0.367 bits per heavy atom. The number of benzene rings is 8. The van der Waals surface area contributed by atoms with E-state index >= 15 is 0 Å². The lowest BCUT2D eigenvalue weighted by Crippen LogP contribution is -1.97. The summed E-state index contributed by atoms with van der Waals surface area (Å²) in [6.45, 7) is 0. The highest BCUT2D eigenvalue weighted by Crippen LogP contribution is 2.41. The Morgan fingerprint density at radius 2 is 0.898 bits per heavy atom. The molecule has 10 rings (SSSR count). The van der Waals surface area contributed by atoms with Crippen LogP contribution < -0.4 is 0 Å². The van der Waals surface area contributed by atoms with Crippen molar-refractivity contribution in [1.29, 1.82) is 0 Å². The molecule has 0 spiro atoms. The van der Waals surface area contributed by atoms with Crippen LogP contribution in [0.25, 0.3) is 93.7 Å². The van der Waals surface area contributed by atoms with Gasteiger partial charge in [-0.05, 0) is 62.6 Å².